The number of halogens is 2. The van der Waals surface area contributed by atoms with Gasteiger partial charge in [0, 0.05) is 19.0 Å². The molecule has 0 amide bonds. The third-order valence-electron chi connectivity index (χ3n) is 3.38. The molecular formula is C13H25F2NO2. The summed E-state index contributed by atoms with van der Waals surface area (Å²) < 4.78 is 38.6. The molecule has 0 saturated carbocycles. The van der Waals surface area contributed by atoms with E-state index in [0.717, 1.165) is 0 Å². The van der Waals surface area contributed by atoms with Gasteiger partial charge in [-0.3, -0.25) is 4.90 Å². The molecule has 2 rings (SSSR count). The molecule has 2 saturated heterocycles. The van der Waals surface area contributed by atoms with E-state index in [1.54, 1.807) is 4.90 Å². The Balaban J connectivity index is 0.000000771. The molecule has 0 aliphatic carbocycles. The number of nitrogens with zero attached hydrogens (tertiary/aromatic N) is 1. The molecule has 0 aromatic carbocycles. The quantitative estimate of drug-likeness (QED) is 0.727. The van der Waals surface area contributed by atoms with Crippen LogP contribution in [0, 0.1) is 0 Å². The molecule has 0 aromatic heterocycles. The van der Waals surface area contributed by atoms with E-state index in [9.17, 15) is 8.78 Å². The fraction of sp³-hybridized carbons (Fsp3) is 1.00. The van der Waals surface area contributed by atoms with Gasteiger partial charge in [0.1, 0.15) is 0 Å². The number of rotatable bonds is 1. The smallest absolute Gasteiger partial charge is 0.313 e. The second-order valence-electron chi connectivity index (χ2n) is 4.82. The Bertz CT molecular complexity index is 253. The summed E-state index contributed by atoms with van der Waals surface area (Å²) in [6.07, 6.45) is 0.948. The zero-order valence-electron chi connectivity index (χ0n) is 11.8. The summed E-state index contributed by atoms with van der Waals surface area (Å²) in [4.78, 5) is 1.77. The number of hydrogen-bond donors (Lipinski definition) is 0. The van der Waals surface area contributed by atoms with Crippen LogP contribution >= 0.6 is 0 Å². The molecule has 0 N–H and O–H groups in total. The maximum absolute atomic E-state index is 14.1. The Hall–Kier alpha value is -0.260. The molecule has 0 aromatic rings. The molecule has 2 fully saturated rings. The van der Waals surface area contributed by atoms with E-state index in [0.29, 0.717) is 26.2 Å². The van der Waals surface area contributed by atoms with Crippen LogP contribution in [-0.2, 0) is 9.47 Å². The molecule has 5 heteroatoms. The van der Waals surface area contributed by atoms with Crippen LogP contribution in [0.4, 0.5) is 8.78 Å². The molecule has 2 heterocycles. The highest BCUT2D eigenvalue weighted by Gasteiger charge is 2.60. The van der Waals surface area contributed by atoms with E-state index in [4.69, 9.17) is 9.47 Å². The molecule has 3 nitrogen and oxygen atoms in total. The summed E-state index contributed by atoms with van der Waals surface area (Å²) in [6.45, 7) is 8.93. The zero-order valence-corrected chi connectivity index (χ0v) is 11.8. The summed E-state index contributed by atoms with van der Waals surface area (Å²) in [5, 5.41) is 0. The van der Waals surface area contributed by atoms with Crippen molar-refractivity contribution < 1.29 is 18.3 Å². The van der Waals surface area contributed by atoms with Crippen molar-refractivity contribution in [3.05, 3.63) is 0 Å². The van der Waals surface area contributed by atoms with Gasteiger partial charge in [0.15, 0.2) is 0 Å². The highest BCUT2D eigenvalue weighted by Crippen LogP contribution is 2.42. The van der Waals surface area contributed by atoms with Crippen LogP contribution in [0.2, 0.25) is 0 Å². The van der Waals surface area contributed by atoms with Gasteiger partial charge >= 0.3 is 5.92 Å². The van der Waals surface area contributed by atoms with Gasteiger partial charge in [-0.05, 0) is 20.3 Å². The largest absolute Gasteiger partial charge is 0.345 e. The van der Waals surface area contributed by atoms with E-state index in [2.05, 4.69) is 0 Å². The van der Waals surface area contributed by atoms with Gasteiger partial charge in [-0.15, -0.1) is 0 Å². The third kappa shape index (κ3) is 3.00. The van der Waals surface area contributed by atoms with Gasteiger partial charge < -0.3 is 9.47 Å². The monoisotopic (exact) mass is 265 g/mol. The van der Waals surface area contributed by atoms with Crippen molar-refractivity contribution in [2.24, 2.45) is 0 Å². The molecule has 0 atom stereocenters. The second-order valence-corrected chi connectivity index (χ2v) is 4.82. The van der Waals surface area contributed by atoms with Gasteiger partial charge in [0.05, 0.1) is 19.8 Å². The van der Waals surface area contributed by atoms with Crippen molar-refractivity contribution in [3.63, 3.8) is 0 Å². The summed E-state index contributed by atoms with van der Waals surface area (Å²) in [7, 11) is 0. The highest BCUT2D eigenvalue weighted by atomic mass is 19.3. The van der Waals surface area contributed by atoms with E-state index in [1.165, 1.54) is 0 Å². The van der Waals surface area contributed by atoms with Crippen molar-refractivity contribution in [1.82, 2.24) is 4.90 Å². The first-order valence-electron chi connectivity index (χ1n) is 6.87. The van der Waals surface area contributed by atoms with Gasteiger partial charge in [-0.25, -0.2) is 0 Å². The van der Waals surface area contributed by atoms with Gasteiger partial charge in [0.25, 0.3) is 0 Å². The number of alkyl halides is 2. The van der Waals surface area contributed by atoms with E-state index in [1.807, 2.05) is 27.7 Å². The van der Waals surface area contributed by atoms with Crippen molar-refractivity contribution in [2.75, 3.05) is 26.3 Å². The van der Waals surface area contributed by atoms with Crippen LogP contribution < -0.4 is 0 Å². The molecule has 2 aliphatic rings. The first-order valence-corrected chi connectivity index (χ1v) is 6.87. The molecular weight excluding hydrogens is 240 g/mol. The van der Waals surface area contributed by atoms with Crippen LogP contribution in [0.3, 0.4) is 0 Å². The lowest BCUT2D eigenvalue weighted by atomic mass is 9.97. The number of hydrogen-bond acceptors (Lipinski definition) is 3. The average Bonchev–Trinajstić information content (AvgIpc) is 2.36. The minimum atomic E-state index is -2.92. The van der Waals surface area contributed by atoms with E-state index < -0.39 is 11.7 Å². The predicted octanol–water partition coefficient (Wildman–Crippen LogP) is 2.90. The van der Waals surface area contributed by atoms with Crippen molar-refractivity contribution in [2.45, 2.75) is 58.3 Å². The van der Waals surface area contributed by atoms with Crippen molar-refractivity contribution in [3.8, 4) is 0 Å². The Kier molecular flexibility index (Phi) is 5.49. The van der Waals surface area contributed by atoms with Crippen LogP contribution in [0.5, 0.6) is 0 Å². The molecule has 0 radical (unpaired) electrons. The van der Waals surface area contributed by atoms with Crippen LogP contribution in [0.25, 0.3) is 0 Å². The standard InChI is InChI=1S/C11H19F2NO2.C2H6/c1-9(2)14-5-4-11(10(12,13)8-14)15-6-3-7-16-11;1-2/h9H,3-8H2,1-2H3;1-2H3. The van der Waals surface area contributed by atoms with Crippen LogP contribution in [-0.4, -0.2) is 49.0 Å². The van der Waals surface area contributed by atoms with E-state index in [-0.39, 0.29) is 19.0 Å². The highest BCUT2D eigenvalue weighted by molar-refractivity contribution is 4.96. The fourth-order valence-electron chi connectivity index (χ4n) is 2.30. The van der Waals surface area contributed by atoms with Gasteiger partial charge in [-0.1, -0.05) is 13.8 Å². The van der Waals surface area contributed by atoms with Gasteiger partial charge in [0.2, 0.25) is 5.79 Å². The van der Waals surface area contributed by atoms with Crippen molar-refractivity contribution in [1.29, 1.82) is 0 Å². The Labute approximate surface area is 108 Å². The fourth-order valence-corrected chi connectivity index (χ4v) is 2.30. The Morgan fingerprint density at radius 2 is 1.67 bits per heavy atom. The molecule has 0 bridgehead atoms. The molecule has 0 unspecified atom stereocenters. The second kappa shape index (κ2) is 6.26. The maximum atomic E-state index is 14.1. The summed E-state index contributed by atoms with van der Waals surface area (Å²) in [5.41, 5.74) is 0. The SMILES string of the molecule is CC.CC(C)N1CCC2(OCCCO2)C(F)(F)C1. The van der Waals surface area contributed by atoms with Gasteiger partial charge in [-0.2, -0.15) is 8.78 Å². The zero-order chi connectivity index (χ0) is 13.8. The predicted molar refractivity (Wildman–Crippen MR) is 66.9 cm³/mol. The first-order chi connectivity index (χ1) is 8.47. The van der Waals surface area contributed by atoms with E-state index >= 15 is 0 Å². The average molecular weight is 265 g/mol. The number of piperidine rings is 1. The Morgan fingerprint density at radius 3 is 2.11 bits per heavy atom. The number of ether oxygens (including phenoxy) is 2. The molecule has 18 heavy (non-hydrogen) atoms. The van der Waals surface area contributed by atoms with Crippen molar-refractivity contribution >= 4 is 0 Å². The summed E-state index contributed by atoms with van der Waals surface area (Å²) >= 11 is 0. The van der Waals surface area contributed by atoms with Crippen LogP contribution in [0.1, 0.15) is 40.5 Å². The minimum absolute atomic E-state index is 0.131. The normalized spacial score (nSPS) is 26.8. The topological polar surface area (TPSA) is 21.7 Å². The Morgan fingerprint density at radius 1 is 1.11 bits per heavy atom. The number of likely N-dealkylation sites (tertiary alicyclic amines) is 1. The maximum Gasteiger partial charge on any atom is 0.313 e. The molecule has 2 aliphatic heterocycles. The minimum Gasteiger partial charge on any atom is -0.345 e. The third-order valence-corrected chi connectivity index (χ3v) is 3.38. The van der Waals surface area contributed by atoms with Crippen LogP contribution in [0.15, 0.2) is 0 Å². The molecule has 108 valence electrons. The lowest BCUT2D eigenvalue weighted by Crippen LogP contribution is -2.65. The lowest BCUT2D eigenvalue weighted by molar-refractivity contribution is -0.374. The first kappa shape index (κ1) is 15.8. The summed E-state index contributed by atoms with van der Waals surface area (Å²) in [6, 6.07) is 0.131. The molecule has 1 spiro atoms. The lowest BCUT2D eigenvalue weighted by Gasteiger charge is -2.49. The summed E-state index contributed by atoms with van der Waals surface area (Å²) in [5.74, 6) is -4.58.